The van der Waals surface area contributed by atoms with Crippen molar-refractivity contribution in [2.24, 2.45) is 11.3 Å². The number of fused-ring (bicyclic) bond motifs is 1. The van der Waals surface area contributed by atoms with Gasteiger partial charge in [0.25, 0.3) is 0 Å². The Kier molecular flexibility index (Phi) is 8.12. The van der Waals surface area contributed by atoms with E-state index in [1.807, 2.05) is 48.8 Å². The van der Waals surface area contributed by atoms with Gasteiger partial charge < -0.3 is 15.2 Å². The molecule has 0 radical (unpaired) electrons. The molecule has 1 saturated heterocycles. The van der Waals surface area contributed by atoms with Crippen molar-refractivity contribution in [2.45, 2.75) is 78.8 Å². The molecule has 2 aromatic heterocycles. The minimum Gasteiger partial charge on any atom is -0.358 e. The van der Waals surface area contributed by atoms with Crippen molar-refractivity contribution >= 4 is 40.2 Å². The first-order chi connectivity index (χ1) is 21.0. The van der Waals surface area contributed by atoms with Crippen LogP contribution < -0.4 is 5.32 Å². The van der Waals surface area contributed by atoms with E-state index < -0.39 is 5.54 Å². The number of rotatable bonds is 8. The van der Waals surface area contributed by atoms with Gasteiger partial charge in [-0.05, 0) is 104 Å². The summed E-state index contributed by atoms with van der Waals surface area (Å²) in [7, 11) is 0. The summed E-state index contributed by atoms with van der Waals surface area (Å²) in [5.41, 5.74) is 7.72. The average Bonchev–Trinajstić information content (AvgIpc) is 3.34. The summed E-state index contributed by atoms with van der Waals surface area (Å²) < 4.78 is 0. The summed E-state index contributed by atoms with van der Waals surface area (Å²) >= 11 is 1.86. The van der Waals surface area contributed by atoms with Gasteiger partial charge in [-0.25, -0.2) is 0 Å². The second-order valence-electron chi connectivity index (χ2n) is 13.5. The molecular weight excluding hydrogens is 565 g/mol. The molecule has 7 heteroatoms. The number of aromatic nitrogens is 2. The van der Waals surface area contributed by atoms with Crippen molar-refractivity contribution in [3.63, 3.8) is 0 Å². The predicted molar refractivity (Wildman–Crippen MR) is 181 cm³/mol. The zero-order valence-corrected chi connectivity index (χ0v) is 27.6. The number of hydrogen-bond donors (Lipinski definition) is 2. The van der Waals surface area contributed by atoms with E-state index in [4.69, 9.17) is 0 Å². The molecule has 6 rings (SSSR count). The lowest BCUT2D eigenvalue weighted by molar-refractivity contribution is -0.147. The van der Waals surface area contributed by atoms with Gasteiger partial charge in [-0.3, -0.25) is 14.6 Å². The Hall–Kier alpha value is -3.58. The van der Waals surface area contributed by atoms with Crippen LogP contribution >= 0.6 is 11.8 Å². The molecule has 230 valence electrons. The van der Waals surface area contributed by atoms with Gasteiger partial charge >= 0.3 is 0 Å². The lowest BCUT2D eigenvalue weighted by Crippen LogP contribution is -2.60. The third kappa shape index (κ3) is 5.44. The molecule has 2 atom stereocenters. The fourth-order valence-corrected chi connectivity index (χ4v) is 8.95. The molecule has 2 fully saturated rings. The highest BCUT2D eigenvalue weighted by atomic mass is 32.2. The van der Waals surface area contributed by atoms with Crippen LogP contribution in [0.1, 0.15) is 72.5 Å². The molecule has 2 amide bonds. The van der Waals surface area contributed by atoms with Gasteiger partial charge in [-0.1, -0.05) is 55.8 Å². The van der Waals surface area contributed by atoms with Gasteiger partial charge in [-0.15, -0.1) is 0 Å². The van der Waals surface area contributed by atoms with Crippen LogP contribution in [0.3, 0.4) is 0 Å². The predicted octanol–water partition coefficient (Wildman–Crippen LogP) is 7.86. The van der Waals surface area contributed by atoms with Gasteiger partial charge in [0.1, 0.15) is 5.54 Å². The van der Waals surface area contributed by atoms with Gasteiger partial charge in [0.15, 0.2) is 0 Å². The van der Waals surface area contributed by atoms with E-state index in [-0.39, 0.29) is 29.1 Å². The van der Waals surface area contributed by atoms with Crippen molar-refractivity contribution in [3.8, 4) is 0 Å². The zero-order valence-electron chi connectivity index (χ0n) is 26.8. The Balaban J connectivity index is 1.35. The highest BCUT2D eigenvalue weighted by molar-refractivity contribution is 7.99. The van der Waals surface area contributed by atoms with Crippen LogP contribution in [-0.2, 0) is 16.1 Å². The van der Waals surface area contributed by atoms with Gasteiger partial charge in [0.05, 0.1) is 0 Å². The molecule has 1 aliphatic carbocycles. The van der Waals surface area contributed by atoms with E-state index in [0.717, 1.165) is 39.4 Å². The molecule has 2 unspecified atom stereocenters. The number of pyridine rings is 1. The number of amides is 2. The van der Waals surface area contributed by atoms with Crippen molar-refractivity contribution in [1.82, 2.24) is 14.9 Å². The Morgan fingerprint density at radius 3 is 2.41 bits per heavy atom. The van der Waals surface area contributed by atoms with E-state index in [0.29, 0.717) is 25.8 Å². The maximum atomic E-state index is 14.7. The maximum Gasteiger partial charge on any atom is 0.250 e. The quantitative estimate of drug-likeness (QED) is 0.214. The van der Waals surface area contributed by atoms with Crippen LogP contribution in [-0.4, -0.2) is 43.7 Å². The first-order valence-corrected chi connectivity index (χ1v) is 16.9. The SMILES string of the molecule is Cc1cc(C)c(NC(=O)C2(N(Cc3cccnc3)C(=O)CC3C(c4c(C)[nH]c5ccccc45)C3(C)C)CCSCC2)c(C)c1. The molecule has 1 saturated carbocycles. The fourth-order valence-electron chi connectivity index (χ4n) is 7.78. The fraction of sp³-hybridized carbons (Fsp3) is 0.432. The largest absolute Gasteiger partial charge is 0.358 e. The Morgan fingerprint density at radius 2 is 1.73 bits per heavy atom. The summed E-state index contributed by atoms with van der Waals surface area (Å²) in [6.45, 7) is 13.2. The number of nitrogens with one attached hydrogen (secondary N) is 2. The number of para-hydroxylation sites is 1. The number of anilines is 1. The minimum absolute atomic E-state index is 0.0285. The lowest BCUT2D eigenvalue weighted by Gasteiger charge is -2.45. The molecular formula is C37H44N4O2S. The summed E-state index contributed by atoms with van der Waals surface area (Å²) in [4.78, 5) is 39.1. The standard InChI is InChI=1S/C37H44N4O2S/c1-23-18-24(2)34(25(3)19-23)40-35(43)37(13-16-44-17-14-37)41(22-27-10-9-15-38-21-27)31(42)20-29-33(36(29,5)6)32-26(4)39-30-12-8-7-11-28(30)32/h7-12,15,18-19,21,29,33,39H,13-14,16-17,20,22H2,1-6H3,(H,40,43). The summed E-state index contributed by atoms with van der Waals surface area (Å²) in [5, 5.41) is 4.56. The Bertz CT molecular complexity index is 1680. The topological polar surface area (TPSA) is 78.1 Å². The van der Waals surface area contributed by atoms with Crippen LogP contribution in [0.15, 0.2) is 60.9 Å². The summed E-state index contributed by atoms with van der Waals surface area (Å²) in [5.74, 6) is 2.09. The number of nitrogens with zero attached hydrogens (tertiary/aromatic N) is 2. The zero-order chi connectivity index (χ0) is 31.2. The Morgan fingerprint density at radius 1 is 1.02 bits per heavy atom. The first kappa shape index (κ1) is 30.4. The van der Waals surface area contributed by atoms with Crippen molar-refractivity contribution < 1.29 is 9.59 Å². The van der Waals surface area contributed by atoms with Crippen LogP contribution in [0, 0.1) is 39.0 Å². The minimum atomic E-state index is -0.937. The van der Waals surface area contributed by atoms with Crippen LogP contribution in [0.2, 0.25) is 0 Å². The molecule has 3 heterocycles. The molecule has 0 spiro atoms. The second kappa shape index (κ2) is 11.7. The molecule has 4 aromatic rings. The summed E-state index contributed by atoms with van der Waals surface area (Å²) in [6.07, 6.45) is 5.22. The van der Waals surface area contributed by atoms with Gasteiger partial charge in [-0.2, -0.15) is 11.8 Å². The van der Waals surface area contributed by atoms with Crippen molar-refractivity contribution in [2.75, 3.05) is 16.8 Å². The monoisotopic (exact) mass is 608 g/mol. The highest BCUT2D eigenvalue weighted by Crippen LogP contribution is 2.67. The number of H-pyrrole nitrogens is 1. The molecule has 2 aliphatic rings. The van der Waals surface area contributed by atoms with E-state index in [1.54, 1.807) is 6.20 Å². The van der Waals surface area contributed by atoms with Gasteiger partial charge in [0.2, 0.25) is 11.8 Å². The first-order valence-electron chi connectivity index (χ1n) is 15.8. The third-order valence-electron chi connectivity index (χ3n) is 10.2. The van der Waals surface area contributed by atoms with Crippen molar-refractivity contribution in [1.29, 1.82) is 0 Å². The molecule has 6 nitrogen and oxygen atoms in total. The number of hydrogen-bond acceptors (Lipinski definition) is 4. The molecule has 2 aromatic carbocycles. The van der Waals surface area contributed by atoms with Gasteiger partial charge in [0, 0.05) is 47.6 Å². The number of benzene rings is 2. The summed E-state index contributed by atoms with van der Waals surface area (Å²) in [6, 6.07) is 16.6. The van der Waals surface area contributed by atoms with Crippen LogP contribution in [0.4, 0.5) is 5.69 Å². The van der Waals surface area contributed by atoms with Crippen LogP contribution in [0.5, 0.6) is 0 Å². The van der Waals surface area contributed by atoms with Crippen LogP contribution in [0.25, 0.3) is 10.9 Å². The molecule has 44 heavy (non-hydrogen) atoms. The average molecular weight is 609 g/mol. The number of carbonyl (C=O) groups excluding carboxylic acids is 2. The highest BCUT2D eigenvalue weighted by Gasteiger charge is 2.60. The van der Waals surface area contributed by atoms with Crippen molar-refractivity contribution in [3.05, 3.63) is 94.4 Å². The smallest absolute Gasteiger partial charge is 0.250 e. The third-order valence-corrected chi connectivity index (χ3v) is 11.2. The molecule has 1 aliphatic heterocycles. The molecule has 0 bridgehead atoms. The van der Waals surface area contributed by atoms with E-state index in [9.17, 15) is 9.59 Å². The Labute approximate surface area is 265 Å². The number of thioether (sulfide) groups is 1. The number of aryl methyl sites for hydroxylation is 4. The lowest BCUT2D eigenvalue weighted by atomic mass is 9.87. The number of carbonyl (C=O) groups is 2. The van der Waals surface area contributed by atoms with E-state index in [2.05, 4.69) is 79.4 Å². The second-order valence-corrected chi connectivity index (χ2v) is 14.8. The molecule has 2 N–H and O–H groups in total. The van der Waals surface area contributed by atoms with E-state index >= 15 is 0 Å². The van der Waals surface area contributed by atoms with E-state index in [1.165, 1.54) is 22.2 Å². The number of aromatic amines is 1. The normalized spacial score (nSPS) is 20.3. The maximum absolute atomic E-state index is 14.7.